The van der Waals surface area contributed by atoms with Gasteiger partial charge in [0, 0.05) is 0 Å². The number of alkyl halides is 4. The van der Waals surface area contributed by atoms with Crippen LogP contribution in [-0.2, 0) is 0 Å². The summed E-state index contributed by atoms with van der Waals surface area (Å²) < 4.78 is 44.2. The third-order valence-electron chi connectivity index (χ3n) is 0.512. The van der Waals surface area contributed by atoms with Crippen molar-refractivity contribution in [3.05, 3.63) is 0 Å². The summed E-state index contributed by atoms with van der Waals surface area (Å²) in [6.45, 7) is -2.05. The summed E-state index contributed by atoms with van der Waals surface area (Å²) in [4.78, 5) is 0. The normalized spacial score (nSPS) is 11.3. The van der Waals surface area contributed by atoms with Crippen LogP contribution in [0.15, 0.2) is 0 Å². The standard InChI is InChI=1S/C3H3F4O.Rb/c4-2(5)3(6,7)1-8;/h2H,1H2;/q-1;+1. The SMILES string of the molecule is [O-]CC(F)(F)C(F)F.[Rb+]. The summed E-state index contributed by atoms with van der Waals surface area (Å²) in [6.07, 6.45) is -3.83. The van der Waals surface area contributed by atoms with Gasteiger partial charge in [0.05, 0.1) is 0 Å². The first kappa shape index (κ1) is 13.1. The second kappa shape index (κ2) is 5.18. The maximum Gasteiger partial charge on any atom is 1.00 e. The van der Waals surface area contributed by atoms with Crippen LogP contribution in [-0.4, -0.2) is 19.0 Å². The predicted molar refractivity (Wildman–Crippen MR) is 15.8 cm³/mol. The maximum absolute atomic E-state index is 11.2. The molecule has 50 valence electrons. The molecule has 0 saturated carbocycles. The summed E-state index contributed by atoms with van der Waals surface area (Å²) in [5.41, 5.74) is 0. The van der Waals surface area contributed by atoms with E-state index in [2.05, 4.69) is 0 Å². The Morgan fingerprint density at radius 1 is 1.33 bits per heavy atom. The molecule has 1 nitrogen and oxygen atoms in total. The molecule has 0 radical (unpaired) electrons. The van der Waals surface area contributed by atoms with Crippen LogP contribution in [0.5, 0.6) is 0 Å². The van der Waals surface area contributed by atoms with Crippen LogP contribution in [0.25, 0.3) is 0 Å². The molecule has 0 unspecified atom stereocenters. The minimum absolute atomic E-state index is 0. The van der Waals surface area contributed by atoms with E-state index in [4.69, 9.17) is 5.11 Å². The van der Waals surface area contributed by atoms with Gasteiger partial charge in [-0.1, -0.05) is 6.61 Å². The summed E-state index contributed by atoms with van der Waals surface area (Å²) >= 11 is 0. The van der Waals surface area contributed by atoms with Crippen molar-refractivity contribution < 1.29 is 80.9 Å². The first-order chi connectivity index (χ1) is 3.50. The van der Waals surface area contributed by atoms with E-state index in [0.717, 1.165) is 0 Å². The Kier molecular flexibility index (Phi) is 7.54. The van der Waals surface area contributed by atoms with Crippen molar-refractivity contribution in [1.82, 2.24) is 0 Å². The van der Waals surface area contributed by atoms with Crippen LogP contribution in [0.2, 0.25) is 0 Å². The van der Waals surface area contributed by atoms with Gasteiger partial charge in [0.25, 0.3) is 12.3 Å². The first-order valence-corrected chi connectivity index (χ1v) is 1.75. The molecule has 0 rings (SSSR count). The molecule has 9 heavy (non-hydrogen) atoms. The second-order valence-corrected chi connectivity index (χ2v) is 1.21. The van der Waals surface area contributed by atoms with Crippen LogP contribution in [0, 0.1) is 0 Å². The molecule has 0 aromatic rings. The average molecular weight is 217 g/mol. The number of hydrogen-bond acceptors (Lipinski definition) is 1. The number of rotatable bonds is 2. The zero-order valence-electron chi connectivity index (χ0n) is 4.70. The zero-order valence-corrected chi connectivity index (χ0v) is 9.62. The average Bonchev–Trinajstić information content (AvgIpc) is 1.67. The van der Waals surface area contributed by atoms with Gasteiger partial charge in [0.1, 0.15) is 0 Å². The third-order valence-corrected chi connectivity index (χ3v) is 0.512. The second-order valence-electron chi connectivity index (χ2n) is 1.21. The Bertz CT molecular complexity index is 76.2. The fraction of sp³-hybridized carbons (Fsp3) is 1.00. The molecule has 0 aromatic heterocycles. The van der Waals surface area contributed by atoms with Gasteiger partial charge < -0.3 is 5.11 Å². The molecule has 0 aliphatic carbocycles. The van der Waals surface area contributed by atoms with Crippen molar-refractivity contribution in [2.45, 2.75) is 12.3 Å². The van der Waals surface area contributed by atoms with Gasteiger partial charge in [-0.3, -0.25) is 0 Å². The van der Waals surface area contributed by atoms with Crippen LogP contribution in [0.4, 0.5) is 17.6 Å². The van der Waals surface area contributed by atoms with Gasteiger partial charge >= 0.3 is 58.2 Å². The zero-order chi connectivity index (χ0) is 6.78. The largest absolute Gasteiger partial charge is 1.00 e. The van der Waals surface area contributed by atoms with Crippen molar-refractivity contribution in [2.24, 2.45) is 0 Å². The van der Waals surface area contributed by atoms with Crippen LogP contribution >= 0.6 is 0 Å². The Morgan fingerprint density at radius 2 is 1.67 bits per heavy atom. The Balaban J connectivity index is 0. The van der Waals surface area contributed by atoms with E-state index in [1.807, 2.05) is 0 Å². The Hall–Kier alpha value is 1.49. The molecular formula is C3H3F4ORb. The topological polar surface area (TPSA) is 23.1 Å². The van der Waals surface area contributed by atoms with E-state index < -0.39 is 19.0 Å². The van der Waals surface area contributed by atoms with E-state index in [0.29, 0.717) is 0 Å². The molecule has 0 amide bonds. The molecule has 0 spiro atoms. The van der Waals surface area contributed by atoms with Gasteiger partial charge in [0.2, 0.25) is 0 Å². The van der Waals surface area contributed by atoms with Crippen LogP contribution < -0.4 is 63.3 Å². The molecular weight excluding hydrogens is 213 g/mol. The molecule has 0 aliphatic rings. The van der Waals surface area contributed by atoms with Crippen molar-refractivity contribution in [2.75, 3.05) is 6.61 Å². The van der Waals surface area contributed by atoms with E-state index in [-0.39, 0.29) is 58.2 Å². The summed E-state index contributed by atoms with van der Waals surface area (Å²) in [6, 6.07) is 0. The van der Waals surface area contributed by atoms with Gasteiger partial charge in [-0.2, -0.15) is 0 Å². The van der Waals surface area contributed by atoms with Gasteiger partial charge in [0.15, 0.2) is 0 Å². The quantitative estimate of drug-likeness (QED) is 0.459. The monoisotopic (exact) mass is 216 g/mol. The maximum atomic E-state index is 11.2. The Morgan fingerprint density at radius 3 is 1.67 bits per heavy atom. The van der Waals surface area contributed by atoms with Gasteiger partial charge in [-0.15, -0.1) is 0 Å². The molecule has 0 saturated heterocycles. The van der Waals surface area contributed by atoms with E-state index >= 15 is 0 Å². The van der Waals surface area contributed by atoms with Gasteiger partial charge in [-0.25, -0.2) is 17.6 Å². The smallest absolute Gasteiger partial charge is 0.850 e. The summed E-state index contributed by atoms with van der Waals surface area (Å²) in [7, 11) is 0. The Labute approximate surface area is 98.2 Å². The van der Waals surface area contributed by atoms with Gasteiger partial charge in [-0.05, 0) is 0 Å². The molecule has 0 N–H and O–H groups in total. The van der Waals surface area contributed by atoms with Crippen molar-refractivity contribution in [3.8, 4) is 0 Å². The molecule has 6 heteroatoms. The number of halogens is 4. The summed E-state index contributed by atoms with van der Waals surface area (Å²) in [5, 5.41) is 9.16. The van der Waals surface area contributed by atoms with Crippen molar-refractivity contribution in [1.29, 1.82) is 0 Å². The molecule has 0 heterocycles. The van der Waals surface area contributed by atoms with Crippen LogP contribution in [0.1, 0.15) is 0 Å². The van der Waals surface area contributed by atoms with E-state index in [9.17, 15) is 17.6 Å². The van der Waals surface area contributed by atoms with Crippen LogP contribution in [0.3, 0.4) is 0 Å². The van der Waals surface area contributed by atoms with E-state index in [1.165, 1.54) is 0 Å². The van der Waals surface area contributed by atoms with Crippen molar-refractivity contribution in [3.63, 3.8) is 0 Å². The number of hydrogen-bond donors (Lipinski definition) is 0. The summed E-state index contributed by atoms with van der Waals surface area (Å²) in [5.74, 6) is -4.35. The minimum atomic E-state index is -4.35. The molecule has 0 aromatic carbocycles. The predicted octanol–water partition coefficient (Wildman–Crippen LogP) is -2.75. The molecule has 0 aliphatic heterocycles. The first-order valence-electron chi connectivity index (χ1n) is 1.75. The molecule has 0 bridgehead atoms. The van der Waals surface area contributed by atoms with Crippen molar-refractivity contribution >= 4 is 0 Å². The fourth-order valence-corrected chi connectivity index (χ4v) is 0.0630. The molecule has 0 atom stereocenters. The fourth-order valence-electron chi connectivity index (χ4n) is 0.0630. The van der Waals surface area contributed by atoms with E-state index in [1.54, 1.807) is 0 Å². The third kappa shape index (κ3) is 4.83. The minimum Gasteiger partial charge on any atom is -0.850 e. The molecule has 0 fully saturated rings.